The van der Waals surface area contributed by atoms with E-state index < -0.39 is 17.1 Å². The van der Waals surface area contributed by atoms with Gasteiger partial charge in [-0.05, 0) is 18.1 Å². The molecule has 0 heterocycles. The molecular formula is C6H10O3S. The fourth-order valence-corrected chi connectivity index (χ4v) is 0.533. The van der Waals surface area contributed by atoms with Crippen molar-refractivity contribution in [2.45, 2.75) is 6.92 Å². The van der Waals surface area contributed by atoms with Crippen LogP contribution in [-0.2, 0) is 20.7 Å². The van der Waals surface area contributed by atoms with Crippen LogP contribution in [0.1, 0.15) is 6.92 Å². The highest BCUT2D eigenvalue weighted by Crippen LogP contribution is 1.93. The van der Waals surface area contributed by atoms with Gasteiger partial charge in [-0.25, -0.2) is 4.79 Å². The van der Waals surface area contributed by atoms with E-state index in [-0.39, 0.29) is 5.94 Å². The topological polar surface area (TPSA) is 49.4 Å². The molecule has 1 atom stereocenters. The molecule has 0 radical (unpaired) electrons. The van der Waals surface area contributed by atoms with Crippen LogP contribution in [0.4, 0.5) is 0 Å². The van der Waals surface area contributed by atoms with Gasteiger partial charge in [0.25, 0.3) is 0 Å². The third-order valence-electron chi connectivity index (χ3n) is 0.704. The summed E-state index contributed by atoms with van der Waals surface area (Å²) in [4.78, 5) is 10.6. The van der Waals surface area contributed by atoms with E-state index in [2.05, 4.69) is 11.3 Å². The lowest BCUT2D eigenvalue weighted by molar-refractivity contribution is -0.136. The molecule has 0 bridgehead atoms. The van der Waals surface area contributed by atoms with Crippen LogP contribution < -0.4 is 0 Å². The second kappa shape index (κ2) is 4.35. The van der Waals surface area contributed by atoms with Gasteiger partial charge in [-0.1, -0.05) is 6.58 Å². The third kappa shape index (κ3) is 4.40. The molecule has 3 nitrogen and oxygen atoms in total. The number of hydrogen-bond donors (Lipinski definition) is 0. The molecular weight excluding hydrogens is 152 g/mol. The molecule has 0 fully saturated rings. The van der Waals surface area contributed by atoms with E-state index in [1.807, 2.05) is 0 Å². The van der Waals surface area contributed by atoms with Gasteiger partial charge < -0.3 is 9.29 Å². The fourth-order valence-electron chi connectivity index (χ4n) is 0.260. The molecule has 0 aliphatic rings. The number of carbonyl (C=O) groups excluding carboxylic acids is 1. The van der Waals surface area contributed by atoms with Crippen molar-refractivity contribution in [2.75, 3.05) is 12.2 Å². The van der Waals surface area contributed by atoms with Crippen molar-refractivity contribution in [3.8, 4) is 0 Å². The minimum atomic E-state index is -1.09. The van der Waals surface area contributed by atoms with Crippen LogP contribution in [0.3, 0.4) is 0 Å². The Hall–Kier alpha value is -0.480. The molecule has 0 spiro atoms. The summed E-state index contributed by atoms with van der Waals surface area (Å²) in [5.41, 5.74) is 0.324. The van der Waals surface area contributed by atoms with E-state index in [0.29, 0.717) is 5.57 Å². The van der Waals surface area contributed by atoms with E-state index in [1.54, 1.807) is 6.92 Å². The lowest BCUT2D eigenvalue weighted by atomic mass is 10.4. The zero-order valence-electron chi connectivity index (χ0n) is 6.05. The fraction of sp³-hybridized carbons (Fsp3) is 0.500. The number of ether oxygens (including phenoxy) is 1. The van der Waals surface area contributed by atoms with Crippen molar-refractivity contribution < 1.29 is 14.1 Å². The first kappa shape index (κ1) is 9.52. The van der Waals surface area contributed by atoms with Gasteiger partial charge in [0, 0.05) is 5.57 Å². The Balaban J connectivity index is 3.50. The molecule has 0 aromatic rings. The van der Waals surface area contributed by atoms with Crippen LogP contribution in [0.5, 0.6) is 0 Å². The summed E-state index contributed by atoms with van der Waals surface area (Å²) in [5, 5.41) is 0. The average Bonchev–Trinajstić information content (AvgIpc) is 1.82. The maximum Gasteiger partial charge on any atom is 0.336 e. The normalized spacial score (nSPS) is 12.3. The summed E-state index contributed by atoms with van der Waals surface area (Å²) >= 11 is -1.09. The summed E-state index contributed by atoms with van der Waals surface area (Å²) in [6.45, 7) is 4.90. The van der Waals surface area contributed by atoms with Gasteiger partial charge in [-0.15, -0.1) is 0 Å². The summed E-state index contributed by atoms with van der Waals surface area (Å²) in [7, 11) is 0. The van der Waals surface area contributed by atoms with Gasteiger partial charge in [-0.3, -0.25) is 0 Å². The largest absolute Gasteiger partial charge is 0.614 e. The third-order valence-corrected chi connectivity index (χ3v) is 1.15. The van der Waals surface area contributed by atoms with Crippen molar-refractivity contribution in [3.05, 3.63) is 12.2 Å². The molecule has 0 aromatic heterocycles. The van der Waals surface area contributed by atoms with Crippen LogP contribution in [0.15, 0.2) is 12.2 Å². The molecule has 0 amide bonds. The Labute approximate surface area is 63.2 Å². The second-order valence-electron chi connectivity index (χ2n) is 1.90. The predicted octanol–water partition coefficient (Wildman–Crippen LogP) is 0.442. The Bertz CT molecular complexity index is 142. The Kier molecular flexibility index (Phi) is 4.14. The molecule has 0 saturated carbocycles. The molecule has 10 heavy (non-hydrogen) atoms. The number of rotatable bonds is 3. The van der Waals surface area contributed by atoms with Crippen molar-refractivity contribution >= 4 is 17.1 Å². The van der Waals surface area contributed by atoms with E-state index in [9.17, 15) is 9.35 Å². The highest BCUT2D eigenvalue weighted by atomic mass is 32.2. The van der Waals surface area contributed by atoms with Crippen LogP contribution in [-0.4, -0.2) is 22.7 Å². The van der Waals surface area contributed by atoms with Crippen molar-refractivity contribution in [1.82, 2.24) is 0 Å². The molecule has 58 valence electrons. The first-order valence-corrected chi connectivity index (χ1v) is 4.39. The Morgan fingerprint density at radius 1 is 1.80 bits per heavy atom. The standard InChI is InChI=1S/C6H10O3S/c1-5(2)6(7)9-4-10(3)8/h1,4H2,2-3H3. The van der Waals surface area contributed by atoms with Crippen molar-refractivity contribution in [3.63, 3.8) is 0 Å². The SMILES string of the molecule is C=C(C)C(=O)OC[S+](C)[O-]. The zero-order valence-corrected chi connectivity index (χ0v) is 6.86. The molecule has 0 aliphatic heterocycles. The van der Waals surface area contributed by atoms with Gasteiger partial charge >= 0.3 is 5.97 Å². The van der Waals surface area contributed by atoms with Gasteiger partial charge in [0.2, 0.25) is 5.94 Å². The monoisotopic (exact) mass is 162 g/mol. The minimum absolute atomic E-state index is 0.0499. The molecule has 0 saturated heterocycles. The van der Waals surface area contributed by atoms with Crippen LogP contribution in [0.2, 0.25) is 0 Å². The van der Waals surface area contributed by atoms with E-state index >= 15 is 0 Å². The molecule has 1 unspecified atom stereocenters. The maximum absolute atomic E-state index is 10.6. The first-order valence-electron chi connectivity index (χ1n) is 2.66. The number of hydrogen-bond acceptors (Lipinski definition) is 3. The predicted molar refractivity (Wildman–Crippen MR) is 39.8 cm³/mol. The molecule has 0 aliphatic carbocycles. The van der Waals surface area contributed by atoms with Crippen LogP contribution >= 0.6 is 0 Å². The zero-order chi connectivity index (χ0) is 8.15. The first-order chi connectivity index (χ1) is 4.54. The van der Waals surface area contributed by atoms with E-state index in [1.165, 1.54) is 6.26 Å². The van der Waals surface area contributed by atoms with Gasteiger partial charge in [0.1, 0.15) is 0 Å². The molecule has 4 heteroatoms. The molecule has 0 rings (SSSR count). The summed E-state index contributed by atoms with van der Waals surface area (Å²) < 4.78 is 14.9. The highest BCUT2D eigenvalue weighted by Gasteiger charge is 2.05. The summed E-state index contributed by atoms with van der Waals surface area (Å²) in [6, 6.07) is 0. The van der Waals surface area contributed by atoms with Crippen LogP contribution in [0, 0.1) is 0 Å². The van der Waals surface area contributed by atoms with Gasteiger partial charge in [0.15, 0.2) is 0 Å². The molecule has 0 N–H and O–H groups in total. The summed E-state index contributed by atoms with van der Waals surface area (Å²) in [6.07, 6.45) is 1.46. The quantitative estimate of drug-likeness (QED) is 0.344. The number of carbonyl (C=O) groups is 1. The minimum Gasteiger partial charge on any atom is -0.614 e. The van der Waals surface area contributed by atoms with Crippen molar-refractivity contribution in [1.29, 1.82) is 0 Å². The average molecular weight is 162 g/mol. The second-order valence-corrected chi connectivity index (χ2v) is 3.29. The van der Waals surface area contributed by atoms with Gasteiger partial charge in [-0.2, -0.15) is 0 Å². The smallest absolute Gasteiger partial charge is 0.336 e. The van der Waals surface area contributed by atoms with Crippen LogP contribution in [0.25, 0.3) is 0 Å². The van der Waals surface area contributed by atoms with Crippen molar-refractivity contribution in [2.24, 2.45) is 0 Å². The number of esters is 1. The lowest BCUT2D eigenvalue weighted by Gasteiger charge is -2.04. The van der Waals surface area contributed by atoms with Gasteiger partial charge in [0.05, 0.1) is 6.26 Å². The Morgan fingerprint density at radius 2 is 2.30 bits per heavy atom. The Morgan fingerprint density at radius 3 is 2.60 bits per heavy atom. The lowest BCUT2D eigenvalue weighted by Crippen LogP contribution is -2.12. The van der Waals surface area contributed by atoms with E-state index in [0.717, 1.165) is 0 Å². The highest BCUT2D eigenvalue weighted by molar-refractivity contribution is 7.90. The maximum atomic E-state index is 10.6. The van der Waals surface area contributed by atoms with E-state index in [4.69, 9.17) is 0 Å². The summed E-state index contributed by atoms with van der Waals surface area (Å²) in [5.74, 6) is -0.540. The molecule has 0 aromatic carbocycles.